The molecule has 1 aromatic heterocycles. The maximum atomic E-state index is 12.1. The van der Waals surface area contributed by atoms with Crippen LogP contribution in [0.4, 0.5) is 5.95 Å². The Hall–Kier alpha value is -2.83. The quantitative estimate of drug-likeness (QED) is 0.680. The van der Waals surface area contributed by atoms with Crippen LogP contribution in [0.5, 0.6) is 11.5 Å². The maximum absolute atomic E-state index is 12.1. The number of benzene rings is 1. The van der Waals surface area contributed by atoms with E-state index in [-0.39, 0.29) is 12.3 Å². The van der Waals surface area contributed by atoms with E-state index in [9.17, 15) is 4.79 Å². The molecule has 0 saturated heterocycles. The predicted octanol–water partition coefficient (Wildman–Crippen LogP) is 1.65. The van der Waals surface area contributed by atoms with Gasteiger partial charge in [0.25, 0.3) is 0 Å². The van der Waals surface area contributed by atoms with Crippen molar-refractivity contribution in [3.63, 3.8) is 0 Å². The van der Waals surface area contributed by atoms with E-state index in [1.54, 1.807) is 44.8 Å². The Morgan fingerprint density at radius 1 is 1.12 bits per heavy atom. The number of carbonyl (C=O) groups excluding carboxylic acids is 1. The molecule has 0 bridgehead atoms. The molecule has 2 rings (SSSR count). The first-order chi connectivity index (χ1) is 11.7. The van der Waals surface area contributed by atoms with E-state index >= 15 is 0 Å². The molecule has 0 unspecified atom stereocenters. The van der Waals surface area contributed by atoms with Gasteiger partial charge in [-0.2, -0.15) is 0 Å². The summed E-state index contributed by atoms with van der Waals surface area (Å²) in [6, 6.07) is 7.17. The summed E-state index contributed by atoms with van der Waals surface area (Å²) in [4.78, 5) is 20.2. The fourth-order valence-electron chi connectivity index (χ4n) is 2.16. The van der Waals surface area contributed by atoms with Crippen molar-refractivity contribution in [1.29, 1.82) is 0 Å². The molecule has 0 saturated carbocycles. The van der Waals surface area contributed by atoms with Crippen LogP contribution >= 0.6 is 0 Å². The first kappa shape index (κ1) is 17.5. The number of nitrogens with one attached hydrogen (secondary N) is 2. The SMILES string of the molecule is COc1ccc(OC)c(CC(=O)NCCCNc2ncccn2)c1. The van der Waals surface area contributed by atoms with Gasteiger partial charge in [-0.1, -0.05) is 0 Å². The lowest BCUT2D eigenvalue weighted by Crippen LogP contribution is -2.27. The van der Waals surface area contributed by atoms with Crippen molar-refractivity contribution in [3.05, 3.63) is 42.2 Å². The Kier molecular flexibility index (Phi) is 6.82. The van der Waals surface area contributed by atoms with Crippen LogP contribution in [0.15, 0.2) is 36.7 Å². The number of rotatable bonds is 9. The number of aromatic nitrogens is 2. The molecule has 0 spiro atoms. The molecule has 0 aliphatic heterocycles. The molecule has 7 heteroatoms. The number of methoxy groups -OCH3 is 2. The first-order valence-electron chi connectivity index (χ1n) is 7.71. The smallest absolute Gasteiger partial charge is 0.224 e. The van der Waals surface area contributed by atoms with Gasteiger partial charge in [0, 0.05) is 31.0 Å². The summed E-state index contributed by atoms with van der Waals surface area (Å²) in [5.74, 6) is 1.90. The topological polar surface area (TPSA) is 85.4 Å². The monoisotopic (exact) mass is 330 g/mol. The van der Waals surface area contributed by atoms with Crippen molar-refractivity contribution in [2.45, 2.75) is 12.8 Å². The average molecular weight is 330 g/mol. The fourth-order valence-corrected chi connectivity index (χ4v) is 2.16. The summed E-state index contributed by atoms with van der Waals surface area (Å²) in [5.41, 5.74) is 0.796. The van der Waals surface area contributed by atoms with Crippen LogP contribution < -0.4 is 20.1 Å². The molecule has 2 aromatic rings. The highest BCUT2D eigenvalue weighted by molar-refractivity contribution is 5.79. The zero-order valence-corrected chi connectivity index (χ0v) is 13.9. The molecule has 0 fully saturated rings. The zero-order chi connectivity index (χ0) is 17.2. The highest BCUT2D eigenvalue weighted by atomic mass is 16.5. The van der Waals surface area contributed by atoms with Crippen LogP contribution in [0.1, 0.15) is 12.0 Å². The van der Waals surface area contributed by atoms with Gasteiger partial charge in [-0.05, 0) is 30.7 Å². The van der Waals surface area contributed by atoms with E-state index in [2.05, 4.69) is 20.6 Å². The van der Waals surface area contributed by atoms with Crippen molar-refractivity contribution in [2.24, 2.45) is 0 Å². The number of anilines is 1. The number of hydrogen-bond acceptors (Lipinski definition) is 6. The first-order valence-corrected chi connectivity index (χ1v) is 7.71. The predicted molar refractivity (Wildman–Crippen MR) is 91.4 cm³/mol. The van der Waals surface area contributed by atoms with Gasteiger partial charge in [0.1, 0.15) is 11.5 Å². The molecular weight excluding hydrogens is 308 g/mol. The van der Waals surface area contributed by atoms with E-state index in [0.717, 1.165) is 12.0 Å². The lowest BCUT2D eigenvalue weighted by atomic mass is 10.1. The molecule has 128 valence electrons. The standard InChI is InChI=1S/C17H22N4O3/c1-23-14-5-6-15(24-2)13(11-14)12-16(22)18-7-3-8-19-17-20-9-4-10-21-17/h4-6,9-11H,3,7-8,12H2,1-2H3,(H,18,22)(H,19,20,21). The number of nitrogens with zero attached hydrogens (tertiary/aromatic N) is 2. The highest BCUT2D eigenvalue weighted by Gasteiger charge is 2.10. The number of amides is 1. The van der Waals surface area contributed by atoms with Gasteiger partial charge in [0.2, 0.25) is 11.9 Å². The largest absolute Gasteiger partial charge is 0.497 e. The Bertz CT molecular complexity index is 650. The third kappa shape index (κ3) is 5.42. The lowest BCUT2D eigenvalue weighted by Gasteiger charge is -2.11. The van der Waals surface area contributed by atoms with Crippen molar-refractivity contribution in [1.82, 2.24) is 15.3 Å². The second kappa shape index (κ2) is 9.34. The maximum Gasteiger partial charge on any atom is 0.224 e. The van der Waals surface area contributed by atoms with Gasteiger partial charge < -0.3 is 20.1 Å². The minimum atomic E-state index is -0.0579. The molecule has 0 atom stereocenters. The summed E-state index contributed by atoms with van der Waals surface area (Å²) < 4.78 is 10.5. The summed E-state index contributed by atoms with van der Waals surface area (Å²) >= 11 is 0. The van der Waals surface area contributed by atoms with Gasteiger partial charge in [-0.3, -0.25) is 4.79 Å². The van der Waals surface area contributed by atoms with E-state index in [0.29, 0.717) is 30.5 Å². The molecule has 1 amide bonds. The van der Waals surface area contributed by atoms with E-state index < -0.39 is 0 Å². The molecule has 1 heterocycles. The van der Waals surface area contributed by atoms with Gasteiger partial charge in [0.05, 0.1) is 20.6 Å². The van der Waals surface area contributed by atoms with Gasteiger partial charge in [-0.25, -0.2) is 9.97 Å². The second-order valence-corrected chi connectivity index (χ2v) is 5.06. The highest BCUT2D eigenvalue weighted by Crippen LogP contribution is 2.24. The zero-order valence-electron chi connectivity index (χ0n) is 13.9. The van der Waals surface area contributed by atoms with Gasteiger partial charge in [0.15, 0.2) is 0 Å². The lowest BCUT2D eigenvalue weighted by molar-refractivity contribution is -0.120. The number of carbonyl (C=O) groups is 1. The van der Waals surface area contributed by atoms with Crippen LogP contribution in [0.2, 0.25) is 0 Å². The second-order valence-electron chi connectivity index (χ2n) is 5.06. The summed E-state index contributed by atoms with van der Waals surface area (Å²) in [5, 5.41) is 5.98. The van der Waals surface area contributed by atoms with Crippen LogP contribution in [0.25, 0.3) is 0 Å². The summed E-state index contributed by atoms with van der Waals surface area (Å²) in [6.07, 6.45) is 4.38. The van der Waals surface area contributed by atoms with Crippen LogP contribution in [0, 0.1) is 0 Å². The Morgan fingerprint density at radius 2 is 1.92 bits per heavy atom. The van der Waals surface area contributed by atoms with Crippen molar-refractivity contribution in [2.75, 3.05) is 32.6 Å². The molecular formula is C17H22N4O3. The fraction of sp³-hybridized carbons (Fsp3) is 0.353. The molecule has 0 aliphatic carbocycles. The third-order valence-corrected chi connectivity index (χ3v) is 3.36. The van der Waals surface area contributed by atoms with Crippen LogP contribution in [0.3, 0.4) is 0 Å². The van der Waals surface area contributed by atoms with E-state index in [1.165, 1.54) is 0 Å². The molecule has 0 radical (unpaired) electrons. The van der Waals surface area contributed by atoms with Crippen molar-refractivity contribution in [3.8, 4) is 11.5 Å². The van der Waals surface area contributed by atoms with E-state index in [4.69, 9.17) is 9.47 Å². The summed E-state index contributed by atoms with van der Waals surface area (Å²) in [7, 11) is 3.18. The van der Waals surface area contributed by atoms with Crippen LogP contribution in [-0.4, -0.2) is 43.2 Å². The molecule has 2 N–H and O–H groups in total. The molecule has 7 nitrogen and oxygen atoms in total. The Morgan fingerprint density at radius 3 is 2.62 bits per heavy atom. The molecule has 24 heavy (non-hydrogen) atoms. The minimum absolute atomic E-state index is 0.0579. The van der Waals surface area contributed by atoms with Crippen molar-refractivity contribution >= 4 is 11.9 Å². The number of ether oxygens (including phenoxy) is 2. The van der Waals surface area contributed by atoms with Gasteiger partial charge in [-0.15, -0.1) is 0 Å². The van der Waals surface area contributed by atoms with Gasteiger partial charge >= 0.3 is 0 Å². The van der Waals surface area contributed by atoms with E-state index in [1.807, 2.05) is 6.07 Å². The average Bonchev–Trinajstić information content (AvgIpc) is 2.62. The normalized spacial score (nSPS) is 10.1. The minimum Gasteiger partial charge on any atom is -0.497 e. The molecule has 1 aromatic carbocycles. The number of hydrogen-bond donors (Lipinski definition) is 2. The van der Waals surface area contributed by atoms with Crippen LogP contribution in [-0.2, 0) is 11.2 Å². The third-order valence-electron chi connectivity index (χ3n) is 3.36. The Balaban J connectivity index is 1.73. The molecule has 0 aliphatic rings. The summed E-state index contributed by atoms with van der Waals surface area (Å²) in [6.45, 7) is 1.26. The van der Waals surface area contributed by atoms with Crippen molar-refractivity contribution < 1.29 is 14.3 Å². The Labute approximate surface area is 141 Å².